The highest BCUT2D eigenvalue weighted by Crippen LogP contribution is 2.24. The summed E-state index contributed by atoms with van der Waals surface area (Å²) in [6.45, 7) is 4.05. The van der Waals surface area contributed by atoms with Crippen LogP contribution in [-0.2, 0) is 4.79 Å². The number of carboxylic acid groups (broad SMARTS) is 1. The van der Waals surface area contributed by atoms with Crippen LogP contribution < -0.4 is 5.32 Å². The number of carbonyl (C=O) groups excluding carboxylic acids is 1. The van der Waals surface area contributed by atoms with E-state index in [0.717, 1.165) is 0 Å². The quantitative estimate of drug-likeness (QED) is 0.869. The minimum atomic E-state index is -0.996. The van der Waals surface area contributed by atoms with Crippen LogP contribution in [0.25, 0.3) is 0 Å². The number of carboxylic acids is 1. The van der Waals surface area contributed by atoms with E-state index in [2.05, 4.69) is 21.2 Å². The number of carbonyl (C=O) groups is 2. The van der Waals surface area contributed by atoms with Gasteiger partial charge in [0.15, 0.2) is 0 Å². The van der Waals surface area contributed by atoms with Crippen molar-refractivity contribution in [3.8, 4) is 0 Å². The maximum absolute atomic E-state index is 11.6. The molecule has 18 heavy (non-hydrogen) atoms. The Morgan fingerprint density at radius 1 is 1.44 bits per heavy atom. The van der Waals surface area contributed by atoms with Gasteiger partial charge in [0.1, 0.15) is 0 Å². The number of nitrogens with one attached hydrogen (secondary N) is 1. The van der Waals surface area contributed by atoms with Crippen molar-refractivity contribution in [1.29, 1.82) is 0 Å². The second-order valence-corrected chi connectivity index (χ2v) is 6.33. The van der Waals surface area contributed by atoms with E-state index in [4.69, 9.17) is 5.11 Å². The summed E-state index contributed by atoms with van der Waals surface area (Å²) >= 11 is 4.79. The fraction of sp³-hybridized carbons (Fsp3) is 0.333. The first kappa shape index (κ1) is 15.0. The molecule has 0 bridgehead atoms. The normalized spacial score (nSPS) is 10.4. The summed E-state index contributed by atoms with van der Waals surface area (Å²) in [6.07, 6.45) is 0. The van der Waals surface area contributed by atoms with E-state index >= 15 is 0 Å². The van der Waals surface area contributed by atoms with E-state index in [1.165, 1.54) is 12.1 Å². The van der Waals surface area contributed by atoms with Crippen LogP contribution in [0.3, 0.4) is 0 Å². The Hall–Kier alpha value is -1.01. The zero-order chi connectivity index (χ0) is 13.7. The molecule has 0 aliphatic rings. The topological polar surface area (TPSA) is 66.4 Å². The van der Waals surface area contributed by atoms with Gasteiger partial charge in [-0.25, -0.2) is 4.79 Å². The average Bonchev–Trinajstić information content (AvgIpc) is 2.29. The maximum Gasteiger partial charge on any atom is 0.335 e. The van der Waals surface area contributed by atoms with Gasteiger partial charge in [-0.15, -0.1) is 11.8 Å². The SMILES string of the molecule is CC(C)SCC(=O)Nc1ccc(C(=O)O)cc1Br. The van der Waals surface area contributed by atoms with Crippen molar-refractivity contribution >= 4 is 45.3 Å². The molecular weight excluding hydrogens is 318 g/mol. The van der Waals surface area contributed by atoms with Gasteiger partial charge in [0.05, 0.1) is 17.0 Å². The van der Waals surface area contributed by atoms with Crippen LogP contribution in [0.5, 0.6) is 0 Å². The van der Waals surface area contributed by atoms with Crippen molar-refractivity contribution in [1.82, 2.24) is 0 Å². The third-order valence-corrected chi connectivity index (χ3v) is 3.79. The van der Waals surface area contributed by atoms with Crippen LogP contribution in [0, 0.1) is 0 Å². The molecule has 0 spiro atoms. The van der Waals surface area contributed by atoms with Crippen molar-refractivity contribution < 1.29 is 14.7 Å². The van der Waals surface area contributed by atoms with Gasteiger partial charge < -0.3 is 10.4 Å². The van der Waals surface area contributed by atoms with Crippen molar-refractivity contribution in [2.24, 2.45) is 0 Å². The summed E-state index contributed by atoms with van der Waals surface area (Å²) < 4.78 is 0.560. The Balaban J connectivity index is 2.68. The lowest BCUT2D eigenvalue weighted by atomic mass is 10.2. The molecule has 0 aliphatic carbocycles. The third kappa shape index (κ3) is 4.70. The Morgan fingerprint density at radius 2 is 2.11 bits per heavy atom. The molecule has 0 fully saturated rings. The Bertz CT molecular complexity index is 463. The molecule has 0 radical (unpaired) electrons. The van der Waals surface area contributed by atoms with Gasteiger partial charge in [-0.3, -0.25) is 4.79 Å². The highest BCUT2D eigenvalue weighted by Gasteiger charge is 2.09. The van der Waals surface area contributed by atoms with Gasteiger partial charge in [-0.2, -0.15) is 0 Å². The molecule has 6 heteroatoms. The lowest BCUT2D eigenvalue weighted by molar-refractivity contribution is -0.113. The lowest BCUT2D eigenvalue weighted by Crippen LogP contribution is -2.15. The molecule has 0 aliphatic heterocycles. The maximum atomic E-state index is 11.6. The molecule has 1 rings (SSSR count). The molecule has 0 aromatic heterocycles. The molecule has 98 valence electrons. The number of hydrogen-bond donors (Lipinski definition) is 2. The molecule has 0 saturated carbocycles. The molecule has 1 amide bonds. The number of hydrogen-bond acceptors (Lipinski definition) is 3. The first-order chi connectivity index (χ1) is 8.40. The molecule has 0 atom stereocenters. The van der Waals surface area contributed by atoms with Crippen molar-refractivity contribution in [2.45, 2.75) is 19.1 Å². The predicted octanol–water partition coefficient (Wildman–Crippen LogP) is 3.23. The Kier molecular flexibility index (Phi) is 5.68. The zero-order valence-corrected chi connectivity index (χ0v) is 12.5. The van der Waals surface area contributed by atoms with Crippen molar-refractivity contribution in [3.05, 3.63) is 28.2 Å². The van der Waals surface area contributed by atoms with Crippen LogP contribution in [0.1, 0.15) is 24.2 Å². The Morgan fingerprint density at radius 3 is 2.61 bits per heavy atom. The zero-order valence-electron chi connectivity index (χ0n) is 10.1. The minimum absolute atomic E-state index is 0.0996. The fourth-order valence-corrected chi connectivity index (χ4v) is 2.21. The minimum Gasteiger partial charge on any atom is -0.478 e. The summed E-state index contributed by atoms with van der Waals surface area (Å²) in [7, 11) is 0. The van der Waals surface area contributed by atoms with Crippen LogP contribution in [0.4, 0.5) is 5.69 Å². The van der Waals surface area contributed by atoms with E-state index in [1.807, 2.05) is 13.8 Å². The van der Waals surface area contributed by atoms with Gasteiger partial charge in [0.25, 0.3) is 0 Å². The fourth-order valence-electron chi connectivity index (χ4n) is 1.18. The number of halogens is 1. The number of thioether (sulfide) groups is 1. The summed E-state index contributed by atoms with van der Waals surface area (Å²) in [5, 5.41) is 11.9. The first-order valence-electron chi connectivity index (χ1n) is 5.34. The number of benzene rings is 1. The van der Waals surface area contributed by atoms with Crippen molar-refractivity contribution in [3.63, 3.8) is 0 Å². The molecule has 1 aromatic rings. The third-order valence-electron chi connectivity index (χ3n) is 2.04. The molecule has 0 heterocycles. The van der Waals surface area contributed by atoms with E-state index < -0.39 is 5.97 Å². The van der Waals surface area contributed by atoms with E-state index in [1.54, 1.807) is 17.8 Å². The highest BCUT2D eigenvalue weighted by atomic mass is 79.9. The number of aromatic carboxylic acids is 1. The van der Waals surface area contributed by atoms with Gasteiger partial charge in [0.2, 0.25) is 5.91 Å². The van der Waals surface area contributed by atoms with Crippen LogP contribution in [-0.4, -0.2) is 28.0 Å². The average molecular weight is 332 g/mol. The van der Waals surface area contributed by atoms with Gasteiger partial charge in [0, 0.05) is 4.47 Å². The monoisotopic (exact) mass is 331 g/mol. The molecule has 2 N–H and O–H groups in total. The summed E-state index contributed by atoms with van der Waals surface area (Å²) in [4.78, 5) is 22.4. The summed E-state index contributed by atoms with van der Waals surface area (Å²) in [5.41, 5.74) is 0.755. The van der Waals surface area contributed by atoms with Crippen molar-refractivity contribution in [2.75, 3.05) is 11.1 Å². The Labute approximate surface area is 118 Å². The lowest BCUT2D eigenvalue weighted by Gasteiger charge is -2.09. The second-order valence-electron chi connectivity index (χ2n) is 3.91. The first-order valence-corrected chi connectivity index (χ1v) is 7.18. The summed E-state index contributed by atoms with van der Waals surface area (Å²) in [5.74, 6) is -0.716. The smallest absolute Gasteiger partial charge is 0.335 e. The molecule has 0 saturated heterocycles. The largest absolute Gasteiger partial charge is 0.478 e. The second kappa shape index (κ2) is 6.80. The van der Waals surface area contributed by atoms with Crippen LogP contribution in [0.15, 0.2) is 22.7 Å². The number of anilines is 1. The predicted molar refractivity (Wildman–Crippen MR) is 77.3 cm³/mol. The van der Waals surface area contributed by atoms with Gasteiger partial charge in [-0.05, 0) is 39.4 Å². The molecular formula is C12H14BrNO3S. The standard InChI is InChI=1S/C12H14BrNO3S/c1-7(2)18-6-11(15)14-10-4-3-8(12(16)17)5-9(10)13/h3-5,7H,6H2,1-2H3,(H,14,15)(H,16,17). The summed E-state index contributed by atoms with van der Waals surface area (Å²) in [6, 6.07) is 4.50. The molecule has 0 unspecified atom stereocenters. The van der Waals surface area contributed by atoms with Gasteiger partial charge in [-0.1, -0.05) is 13.8 Å². The molecule has 4 nitrogen and oxygen atoms in total. The van der Waals surface area contributed by atoms with E-state index in [0.29, 0.717) is 21.2 Å². The van der Waals surface area contributed by atoms with Crippen LogP contribution >= 0.6 is 27.7 Å². The van der Waals surface area contributed by atoms with Gasteiger partial charge >= 0.3 is 5.97 Å². The van der Waals surface area contributed by atoms with E-state index in [9.17, 15) is 9.59 Å². The molecule has 1 aromatic carbocycles. The number of rotatable bonds is 5. The highest BCUT2D eigenvalue weighted by molar-refractivity contribution is 9.10. The van der Waals surface area contributed by atoms with Crippen LogP contribution in [0.2, 0.25) is 0 Å². The van der Waals surface area contributed by atoms with E-state index in [-0.39, 0.29) is 11.5 Å². The number of amides is 1.